The molecule has 1 aliphatic heterocycles. The van der Waals surface area contributed by atoms with Crippen molar-refractivity contribution in [1.82, 2.24) is 5.32 Å². The first-order valence-electron chi connectivity index (χ1n) is 5.95. The van der Waals surface area contributed by atoms with Crippen LogP contribution >= 0.6 is 0 Å². The highest BCUT2D eigenvalue weighted by molar-refractivity contribution is 5.27. The van der Waals surface area contributed by atoms with Crippen LogP contribution in [0.4, 0.5) is 8.78 Å². The first-order chi connectivity index (χ1) is 8.08. The molecule has 2 rings (SSSR count). The third-order valence-corrected chi connectivity index (χ3v) is 3.31. The van der Waals surface area contributed by atoms with E-state index < -0.39 is 17.7 Å². The van der Waals surface area contributed by atoms with Gasteiger partial charge in [-0.2, -0.15) is 0 Å². The lowest BCUT2D eigenvalue weighted by molar-refractivity contribution is 0.150. The molecule has 1 saturated heterocycles. The zero-order valence-electron chi connectivity index (χ0n) is 9.84. The number of benzene rings is 1. The van der Waals surface area contributed by atoms with Crippen molar-refractivity contribution in [1.29, 1.82) is 0 Å². The number of aliphatic hydroxyl groups is 1. The normalized spacial score (nSPS) is 21.8. The maximum Gasteiger partial charge on any atom is 0.129 e. The fraction of sp³-hybridized carbons (Fsp3) is 0.538. The summed E-state index contributed by atoms with van der Waals surface area (Å²) in [5, 5.41) is 13.2. The van der Waals surface area contributed by atoms with Crippen LogP contribution in [0.1, 0.15) is 36.5 Å². The summed E-state index contributed by atoms with van der Waals surface area (Å²) in [5.41, 5.74) is 0.319. The van der Waals surface area contributed by atoms with Gasteiger partial charge in [0.1, 0.15) is 11.6 Å². The Bertz CT molecular complexity index is 403. The van der Waals surface area contributed by atoms with Gasteiger partial charge >= 0.3 is 0 Å². The Kier molecular flexibility index (Phi) is 3.74. The van der Waals surface area contributed by atoms with Gasteiger partial charge in [-0.15, -0.1) is 0 Å². The van der Waals surface area contributed by atoms with E-state index in [2.05, 4.69) is 5.32 Å². The van der Waals surface area contributed by atoms with Gasteiger partial charge in [0.2, 0.25) is 0 Å². The van der Waals surface area contributed by atoms with E-state index in [-0.39, 0.29) is 17.2 Å². The Morgan fingerprint density at radius 3 is 2.82 bits per heavy atom. The van der Waals surface area contributed by atoms with E-state index in [1.165, 1.54) is 6.92 Å². The number of nitrogens with one attached hydrogen (secondary N) is 1. The lowest BCUT2D eigenvalue weighted by atomic mass is 9.99. The minimum Gasteiger partial charge on any atom is -0.388 e. The molecule has 0 spiro atoms. The number of aryl methyl sites for hydroxylation is 1. The van der Waals surface area contributed by atoms with Crippen LogP contribution in [0, 0.1) is 18.6 Å². The Balaban J connectivity index is 2.12. The van der Waals surface area contributed by atoms with Gasteiger partial charge in [-0.1, -0.05) is 0 Å². The number of halogens is 2. The van der Waals surface area contributed by atoms with Crippen LogP contribution in [0.2, 0.25) is 0 Å². The van der Waals surface area contributed by atoms with Gasteiger partial charge in [0.15, 0.2) is 0 Å². The first kappa shape index (κ1) is 12.5. The smallest absolute Gasteiger partial charge is 0.129 e. The highest BCUT2D eigenvalue weighted by Crippen LogP contribution is 2.26. The summed E-state index contributed by atoms with van der Waals surface area (Å²) in [5.74, 6) is -1.01. The standard InChI is InChI=1S/C13H17F2NO/c1-8-5-12(15)10(7-11(8)14)13(17)6-9-3-2-4-16-9/h5,7,9,13,16-17H,2-4,6H2,1H3. The first-order valence-corrected chi connectivity index (χ1v) is 5.95. The predicted molar refractivity (Wildman–Crippen MR) is 61.7 cm³/mol. The van der Waals surface area contributed by atoms with Gasteiger partial charge in [-0.3, -0.25) is 0 Å². The fourth-order valence-electron chi connectivity index (χ4n) is 2.27. The van der Waals surface area contributed by atoms with Gasteiger partial charge in [0, 0.05) is 11.6 Å². The van der Waals surface area contributed by atoms with Crippen molar-refractivity contribution in [3.8, 4) is 0 Å². The summed E-state index contributed by atoms with van der Waals surface area (Å²) in [6.45, 7) is 2.44. The monoisotopic (exact) mass is 241 g/mol. The maximum atomic E-state index is 13.6. The van der Waals surface area contributed by atoms with Crippen LogP contribution in [0.15, 0.2) is 12.1 Å². The molecule has 0 amide bonds. The zero-order chi connectivity index (χ0) is 12.4. The SMILES string of the molecule is Cc1cc(F)c(C(O)CC2CCCN2)cc1F. The Labute approximate surface area is 99.7 Å². The molecule has 1 fully saturated rings. The molecule has 0 radical (unpaired) electrons. The van der Waals surface area contributed by atoms with Gasteiger partial charge in [0.05, 0.1) is 6.10 Å². The summed E-state index contributed by atoms with van der Waals surface area (Å²) in [6, 6.07) is 2.44. The van der Waals surface area contributed by atoms with Crippen molar-refractivity contribution in [3.05, 3.63) is 34.9 Å². The molecule has 94 valence electrons. The van der Waals surface area contributed by atoms with Gasteiger partial charge in [0.25, 0.3) is 0 Å². The van der Waals surface area contributed by atoms with Crippen molar-refractivity contribution >= 4 is 0 Å². The molecule has 1 aliphatic rings. The molecule has 2 atom stereocenters. The molecule has 1 aromatic rings. The summed E-state index contributed by atoms with van der Waals surface area (Å²) >= 11 is 0. The van der Waals surface area contributed by atoms with Crippen LogP contribution in [-0.2, 0) is 0 Å². The number of hydrogen-bond donors (Lipinski definition) is 2. The molecule has 4 heteroatoms. The molecule has 2 nitrogen and oxygen atoms in total. The van der Waals surface area contributed by atoms with E-state index in [0.29, 0.717) is 6.42 Å². The molecule has 0 aliphatic carbocycles. The Morgan fingerprint density at radius 2 is 2.18 bits per heavy atom. The molecule has 1 aromatic carbocycles. The van der Waals surface area contributed by atoms with Gasteiger partial charge in [-0.05, 0) is 50.4 Å². The van der Waals surface area contributed by atoms with Crippen LogP contribution in [0.5, 0.6) is 0 Å². The minimum absolute atomic E-state index is 0.0572. The van der Waals surface area contributed by atoms with E-state index in [1.54, 1.807) is 0 Å². The van der Waals surface area contributed by atoms with Crippen molar-refractivity contribution in [3.63, 3.8) is 0 Å². The second-order valence-corrected chi connectivity index (χ2v) is 4.67. The topological polar surface area (TPSA) is 32.3 Å². The third-order valence-electron chi connectivity index (χ3n) is 3.31. The van der Waals surface area contributed by atoms with E-state index in [0.717, 1.165) is 31.5 Å². The van der Waals surface area contributed by atoms with Crippen LogP contribution in [0.3, 0.4) is 0 Å². The van der Waals surface area contributed by atoms with E-state index in [4.69, 9.17) is 0 Å². The predicted octanol–water partition coefficient (Wildman–Crippen LogP) is 2.45. The van der Waals surface area contributed by atoms with Crippen molar-refractivity contribution in [2.75, 3.05) is 6.54 Å². The van der Waals surface area contributed by atoms with E-state index >= 15 is 0 Å². The average molecular weight is 241 g/mol. The second-order valence-electron chi connectivity index (χ2n) is 4.67. The van der Waals surface area contributed by atoms with Crippen molar-refractivity contribution in [2.24, 2.45) is 0 Å². The van der Waals surface area contributed by atoms with E-state index in [1.807, 2.05) is 0 Å². The molecule has 0 aromatic heterocycles. The summed E-state index contributed by atoms with van der Waals surface area (Å²) in [7, 11) is 0. The molecule has 17 heavy (non-hydrogen) atoms. The van der Waals surface area contributed by atoms with Crippen molar-refractivity contribution in [2.45, 2.75) is 38.3 Å². The molecular weight excluding hydrogens is 224 g/mol. The average Bonchev–Trinajstić information content (AvgIpc) is 2.76. The molecule has 0 saturated carbocycles. The maximum absolute atomic E-state index is 13.6. The highest BCUT2D eigenvalue weighted by atomic mass is 19.1. The molecule has 2 N–H and O–H groups in total. The molecule has 1 heterocycles. The third kappa shape index (κ3) is 2.82. The minimum atomic E-state index is -0.944. The zero-order valence-corrected chi connectivity index (χ0v) is 9.84. The van der Waals surface area contributed by atoms with Crippen LogP contribution in [0.25, 0.3) is 0 Å². The second kappa shape index (κ2) is 5.10. The highest BCUT2D eigenvalue weighted by Gasteiger charge is 2.22. The molecular formula is C13H17F2NO. The fourth-order valence-corrected chi connectivity index (χ4v) is 2.27. The quantitative estimate of drug-likeness (QED) is 0.852. The number of aliphatic hydroxyl groups excluding tert-OH is 1. The molecule has 0 bridgehead atoms. The number of rotatable bonds is 3. The lowest BCUT2D eigenvalue weighted by Gasteiger charge is -2.17. The van der Waals surface area contributed by atoms with Gasteiger partial charge < -0.3 is 10.4 Å². The lowest BCUT2D eigenvalue weighted by Crippen LogP contribution is -2.24. The van der Waals surface area contributed by atoms with E-state index in [9.17, 15) is 13.9 Å². The largest absolute Gasteiger partial charge is 0.388 e. The van der Waals surface area contributed by atoms with Gasteiger partial charge in [-0.25, -0.2) is 8.78 Å². The van der Waals surface area contributed by atoms with Crippen LogP contribution < -0.4 is 5.32 Å². The summed E-state index contributed by atoms with van der Waals surface area (Å²) in [6.07, 6.45) is 1.54. The van der Waals surface area contributed by atoms with Crippen molar-refractivity contribution < 1.29 is 13.9 Å². The number of hydrogen-bond acceptors (Lipinski definition) is 2. The Hall–Kier alpha value is -1.00. The summed E-state index contributed by atoms with van der Waals surface area (Å²) < 4.78 is 26.9. The molecule has 2 unspecified atom stereocenters. The van der Waals surface area contributed by atoms with Crippen LogP contribution in [-0.4, -0.2) is 17.7 Å². The summed E-state index contributed by atoms with van der Waals surface area (Å²) in [4.78, 5) is 0. The Morgan fingerprint density at radius 1 is 1.41 bits per heavy atom.